The monoisotopic (exact) mass is 346 g/mol. The summed E-state index contributed by atoms with van der Waals surface area (Å²) in [7, 11) is 0. The fourth-order valence-electron chi connectivity index (χ4n) is 1.35. The van der Waals surface area contributed by atoms with Gasteiger partial charge in [-0.2, -0.15) is 0 Å². The lowest BCUT2D eigenvalue weighted by Crippen LogP contribution is -2.17. The van der Waals surface area contributed by atoms with Crippen LogP contribution in [0.25, 0.3) is 0 Å². The molecule has 8 heteroatoms. The van der Waals surface area contributed by atoms with Crippen LogP contribution in [0.3, 0.4) is 0 Å². The highest BCUT2D eigenvalue weighted by Gasteiger charge is 2.14. The molecular formula is C16H26O8. The maximum absolute atomic E-state index is 11.4. The van der Waals surface area contributed by atoms with E-state index in [0.29, 0.717) is 12.8 Å². The summed E-state index contributed by atoms with van der Waals surface area (Å²) < 4.78 is 18.3. The third-order valence-electron chi connectivity index (χ3n) is 2.48. The Balaban J connectivity index is 3.73. The number of rotatable bonds is 9. The molecule has 0 aromatic rings. The summed E-state index contributed by atoms with van der Waals surface area (Å²) >= 11 is 0. The van der Waals surface area contributed by atoms with E-state index in [9.17, 15) is 19.2 Å². The molecule has 0 bridgehead atoms. The van der Waals surface area contributed by atoms with Gasteiger partial charge in [-0.15, -0.1) is 0 Å². The molecule has 0 aromatic carbocycles. The van der Waals surface area contributed by atoms with E-state index >= 15 is 0 Å². The number of hydrogen-bond donors (Lipinski definition) is 0. The summed E-state index contributed by atoms with van der Waals surface area (Å²) in [5, 5.41) is 0. The van der Waals surface area contributed by atoms with Gasteiger partial charge in [0.1, 0.15) is 0 Å². The molecule has 0 aromatic heterocycles. The van der Waals surface area contributed by atoms with Crippen LogP contribution >= 0.6 is 0 Å². The first-order valence-electron chi connectivity index (χ1n) is 7.95. The van der Waals surface area contributed by atoms with Crippen LogP contribution in [0.1, 0.15) is 53.4 Å². The van der Waals surface area contributed by atoms with E-state index in [1.807, 2.05) is 27.7 Å². The largest absolute Gasteiger partial charge is 0.516 e. The number of carbonyl (C=O) groups is 4. The van der Waals surface area contributed by atoms with E-state index in [1.54, 1.807) is 0 Å². The van der Waals surface area contributed by atoms with Gasteiger partial charge in [-0.1, -0.05) is 27.7 Å². The Morgan fingerprint density at radius 1 is 0.667 bits per heavy atom. The number of esters is 2. The van der Waals surface area contributed by atoms with Gasteiger partial charge in [0.05, 0.1) is 13.2 Å². The van der Waals surface area contributed by atoms with Gasteiger partial charge in [-0.05, 0) is 24.7 Å². The molecule has 0 saturated carbocycles. The lowest BCUT2D eigenvalue weighted by atomic mass is 10.2. The molecule has 0 aliphatic heterocycles. The first-order valence-corrected chi connectivity index (χ1v) is 7.95. The third-order valence-corrected chi connectivity index (χ3v) is 2.48. The van der Waals surface area contributed by atoms with Crippen molar-refractivity contribution in [1.29, 1.82) is 0 Å². The SMILES string of the molecule is CC(C)COC(=O)OC(=O)CCCCC(=O)OC(=O)OCC(C)C. The topological polar surface area (TPSA) is 105 Å². The van der Waals surface area contributed by atoms with E-state index in [2.05, 4.69) is 9.47 Å². The Labute approximate surface area is 141 Å². The van der Waals surface area contributed by atoms with Gasteiger partial charge in [0.25, 0.3) is 0 Å². The van der Waals surface area contributed by atoms with Crippen LogP contribution in [0, 0.1) is 11.8 Å². The van der Waals surface area contributed by atoms with Crippen molar-refractivity contribution in [2.24, 2.45) is 11.8 Å². The Morgan fingerprint density at radius 2 is 1.00 bits per heavy atom. The Hall–Kier alpha value is -2.12. The highest BCUT2D eigenvalue weighted by atomic mass is 16.7. The fraction of sp³-hybridized carbons (Fsp3) is 0.750. The summed E-state index contributed by atoms with van der Waals surface area (Å²) in [6.45, 7) is 7.76. The van der Waals surface area contributed by atoms with E-state index < -0.39 is 24.2 Å². The van der Waals surface area contributed by atoms with Gasteiger partial charge in [0, 0.05) is 12.8 Å². The van der Waals surface area contributed by atoms with E-state index in [4.69, 9.17) is 9.47 Å². The molecule has 8 nitrogen and oxygen atoms in total. The quantitative estimate of drug-likeness (QED) is 0.356. The zero-order valence-corrected chi connectivity index (χ0v) is 14.7. The second kappa shape index (κ2) is 12.3. The molecule has 0 saturated heterocycles. The van der Waals surface area contributed by atoms with Gasteiger partial charge < -0.3 is 18.9 Å². The van der Waals surface area contributed by atoms with E-state index in [0.717, 1.165) is 0 Å². The first-order chi connectivity index (χ1) is 11.2. The molecule has 0 atom stereocenters. The van der Waals surface area contributed by atoms with Crippen molar-refractivity contribution in [3.8, 4) is 0 Å². The van der Waals surface area contributed by atoms with Gasteiger partial charge in [0.2, 0.25) is 0 Å². The molecule has 0 unspecified atom stereocenters. The predicted molar refractivity (Wildman–Crippen MR) is 83.0 cm³/mol. The minimum absolute atomic E-state index is 0.0398. The van der Waals surface area contributed by atoms with Gasteiger partial charge >= 0.3 is 24.2 Å². The average Bonchev–Trinajstić information content (AvgIpc) is 2.47. The van der Waals surface area contributed by atoms with Crippen molar-refractivity contribution in [1.82, 2.24) is 0 Å². The molecule has 0 rings (SSSR count). The average molecular weight is 346 g/mol. The summed E-state index contributed by atoms with van der Waals surface area (Å²) in [5.74, 6) is -1.17. The molecule has 138 valence electrons. The number of carbonyl (C=O) groups excluding carboxylic acids is 4. The van der Waals surface area contributed by atoms with Crippen LogP contribution in [0.15, 0.2) is 0 Å². The van der Waals surface area contributed by atoms with Gasteiger partial charge in [-0.25, -0.2) is 9.59 Å². The Bertz CT molecular complexity index is 388. The van der Waals surface area contributed by atoms with Crippen LogP contribution < -0.4 is 0 Å². The summed E-state index contributed by atoms with van der Waals surface area (Å²) in [5.41, 5.74) is 0. The minimum atomic E-state index is -1.03. The molecule has 0 N–H and O–H groups in total. The fourth-order valence-corrected chi connectivity index (χ4v) is 1.35. The maximum Gasteiger partial charge on any atom is 0.516 e. The number of unbranched alkanes of at least 4 members (excludes halogenated alkanes) is 1. The molecule has 24 heavy (non-hydrogen) atoms. The zero-order chi connectivity index (χ0) is 18.5. The third kappa shape index (κ3) is 13.5. The normalized spacial score (nSPS) is 10.4. The summed E-state index contributed by atoms with van der Waals surface area (Å²) in [6.07, 6.45) is -1.51. The smallest absolute Gasteiger partial charge is 0.434 e. The zero-order valence-electron chi connectivity index (χ0n) is 14.7. The Kier molecular flexibility index (Phi) is 11.2. The highest BCUT2D eigenvalue weighted by Crippen LogP contribution is 2.05. The van der Waals surface area contributed by atoms with Crippen molar-refractivity contribution in [2.45, 2.75) is 53.4 Å². The molecule has 0 aliphatic rings. The van der Waals surface area contributed by atoms with Crippen molar-refractivity contribution in [2.75, 3.05) is 13.2 Å². The Morgan fingerprint density at radius 3 is 1.29 bits per heavy atom. The van der Waals surface area contributed by atoms with Crippen molar-refractivity contribution >= 4 is 24.2 Å². The first kappa shape index (κ1) is 21.9. The number of hydrogen-bond acceptors (Lipinski definition) is 8. The van der Waals surface area contributed by atoms with Crippen molar-refractivity contribution < 1.29 is 38.1 Å². The minimum Gasteiger partial charge on any atom is -0.434 e. The lowest BCUT2D eigenvalue weighted by Gasteiger charge is -2.07. The maximum atomic E-state index is 11.4. The number of ether oxygens (including phenoxy) is 4. The lowest BCUT2D eigenvalue weighted by molar-refractivity contribution is -0.142. The molecule has 0 radical (unpaired) electrons. The second-order valence-electron chi connectivity index (χ2n) is 6.06. The molecule has 0 aliphatic carbocycles. The molecule has 0 spiro atoms. The molecule has 0 fully saturated rings. The van der Waals surface area contributed by atoms with Crippen LogP contribution in [0.5, 0.6) is 0 Å². The molecule has 0 heterocycles. The van der Waals surface area contributed by atoms with E-state index in [1.165, 1.54) is 0 Å². The molecular weight excluding hydrogens is 320 g/mol. The van der Waals surface area contributed by atoms with E-state index in [-0.39, 0.29) is 37.9 Å². The second-order valence-corrected chi connectivity index (χ2v) is 6.06. The highest BCUT2D eigenvalue weighted by molar-refractivity contribution is 5.82. The van der Waals surface area contributed by atoms with Crippen LogP contribution in [-0.4, -0.2) is 37.5 Å². The van der Waals surface area contributed by atoms with Crippen molar-refractivity contribution in [3.63, 3.8) is 0 Å². The molecule has 0 amide bonds. The summed E-state index contributed by atoms with van der Waals surface area (Å²) in [6, 6.07) is 0. The van der Waals surface area contributed by atoms with Crippen LogP contribution in [-0.2, 0) is 28.5 Å². The van der Waals surface area contributed by atoms with Crippen LogP contribution in [0.2, 0.25) is 0 Å². The summed E-state index contributed by atoms with van der Waals surface area (Å²) in [4.78, 5) is 45.0. The standard InChI is InChI=1S/C16H26O8/c1-11(2)9-21-15(19)23-13(17)7-5-6-8-14(18)24-16(20)22-10-12(3)4/h11-12H,5-10H2,1-4H3. The van der Waals surface area contributed by atoms with Gasteiger partial charge in [0.15, 0.2) is 0 Å². The predicted octanol–water partition coefficient (Wildman–Crippen LogP) is 3.22. The van der Waals surface area contributed by atoms with Crippen molar-refractivity contribution in [3.05, 3.63) is 0 Å². The van der Waals surface area contributed by atoms with Gasteiger partial charge in [-0.3, -0.25) is 9.59 Å². The van der Waals surface area contributed by atoms with Crippen LogP contribution in [0.4, 0.5) is 9.59 Å².